The van der Waals surface area contributed by atoms with E-state index in [1.165, 1.54) is 24.0 Å². The fourth-order valence-corrected chi connectivity index (χ4v) is 4.85. The lowest BCUT2D eigenvalue weighted by atomic mass is 9.87. The molecule has 1 aromatic carbocycles. The van der Waals surface area contributed by atoms with Crippen LogP contribution in [0.15, 0.2) is 42.9 Å². The van der Waals surface area contributed by atoms with Crippen LogP contribution in [0.1, 0.15) is 47.1 Å². The zero-order valence-electron chi connectivity index (χ0n) is 19.5. The number of nitrogen functional groups attached to an aromatic ring is 1. The first kappa shape index (κ1) is 22.0. The topological polar surface area (TPSA) is 109 Å². The summed E-state index contributed by atoms with van der Waals surface area (Å²) in [5.41, 5.74) is 12.5. The molecule has 4 N–H and O–H groups in total. The van der Waals surface area contributed by atoms with E-state index in [4.69, 9.17) is 10.7 Å². The molecule has 1 fully saturated rings. The van der Waals surface area contributed by atoms with E-state index in [1.54, 1.807) is 18.6 Å². The van der Waals surface area contributed by atoms with Gasteiger partial charge in [-0.05, 0) is 93.0 Å². The summed E-state index contributed by atoms with van der Waals surface area (Å²) in [6.45, 7) is 4.44. The fourth-order valence-electron chi connectivity index (χ4n) is 4.85. The number of aromatic nitrogens is 3. The van der Waals surface area contributed by atoms with E-state index in [0.717, 1.165) is 41.8 Å². The Bertz CT molecular complexity index is 1230. The van der Waals surface area contributed by atoms with Gasteiger partial charge in [0.2, 0.25) is 5.95 Å². The fraction of sp³-hybridized carbons (Fsp3) is 0.308. The van der Waals surface area contributed by atoms with Crippen LogP contribution in [0.2, 0.25) is 0 Å². The number of carbonyl (C=O) groups excluding carboxylic acids is 1. The Kier molecular flexibility index (Phi) is 5.98. The van der Waals surface area contributed by atoms with Crippen molar-refractivity contribution in [1.29, 1.82) is 0 Å². The Hall–Kier alpha value is -3.78. The van der Waals surface area contributed by atoms with Crippen molar-refractivity contribution in [2.45, 2.75) is 31.7 Å². The summed E-state index contributed by atoms with van der Waals surface area (Å²) in [7, 11) is 2.19. The molecule has 0 amide bonds. The Morgan fingerprint density at radius 1 is 1.18 bits per heavy atom. The molecule has 1 unspecified atom stereocenters. The van der Waals surface area contributed by atoms with Gasteiger partial charge >= 0.3 is 0 Å². The molecule has 3 aromatic rings. The Morgan fingerprint density at radius 2 is 1.94 bits per heavy atom. The van der Waals surface area contributed by atoms with Gasteiger partial charge in [-0.1, -0.05) is 6.07 Å². The van der Waals surface area contributed by atoms with Crippen molar-refractivity contribution in [1.82, 2.24) is 25.2 Å². The predicted octanol–water partition coefficient (Wildman–Crippen LogP) is 3.80. The summed E-state index contributed by atoms with van der Waals surface area (Å²) >= 11 is 0. The summed E-state index contributed by atoms with van der Waals surface area (Å²) < 4.78 is 0. The van der Waals surface area contributed by atoms with Crippen molar-refractivity contribution in [2.24, 2.45) is 0 Å². The first-order chi connectivity index (χ1) is 16.5. The van der Waals surface area contributed by atoms with Crippen LogP contribution >= 0.6 is 0 Å². The number of hydrogen-bond donors (Lipinski definition) is 3. The minimum Gasteiger partial charge on any atom is -0.378 e. The van der Waals surface area contributed by atoms with Gasteiger partial charge in [0.15, 0.2) is 0 Å². The number of benzene rings is 1. The third-order valence-electron chi connectivity index (χ3n) is 6.73. The van der Waals surface area contributed by atoms with Gasteiger partial charge in [-0.25, -0.2) is 15.0 Å². The molecule has 2 aliphatic rings. The summed E-state index contributed by atoms with van der Waals surface area (Å²) in [5, 5.41) is 6.59. The number of nitrogens with one attached hydrogen (secondary N) is 2. The van der Waals surface area contributed by atoms with Gasteiger partial charge in [-0.2, -0.15) is 0 Å². The zero-order valence-corrected chi connectivity index (χ0v) is 19.5. The lowest BCUT2D eigenvalue weighted by molar-refractivity contribution is -0.109. The molecule has 0 aliphatic carbocycles. The van der Waals surface area contributed by atoms with Crippen molar-refractivity contribution >= 4 is 29.8 Å². The Morgan fingerprint density at radius 3 is 2.65 bits per heavy atom. The summed E-state index contributed by atoms with van der Waals surface area (Å²) in [6.07, 6.45) is 10.3. The smallest absolute Gasteiger partial charge is 0.219 e. The lowest BCUT2D eigenvalue weighted by Gasteiger charge is -2.30. The summed E-state index contributed by atoms with van der Waals surface area (Å²) in [6, 6.07) is 7.97. The quantitative estimate of drug-likeness (QED) is 0.499. The SMILES string of the molecule is Cc1cc(Nc2nc(-c3cnc(N)nc3)cc3c2C(C=O)NC=C3)ccc1C1CCN(C)CC1. The Balaban J connectivity index is 1.50. The number of hydrogen-bond acceptors (Lipinski definition) is 8. The molecule has 0 spiro atoms. The molecule has 1 atom stereocenters. The molecule has 174 valence electrons. The van der Waals surface area contributed by atoms with Gasteiger partial charge in [0.25, 0.3) is 0 Å². The molecule has 8 heteroatoms. The number of nitrogens with zero attached hydrogens (tertiary/aromatic N) is 4. The normalized spacial score (nSPS) is 18.2. The maximum absolute atomic E-state index is 11.8. The maximum atomic E-state index is 11.8. The lowest BCUT2D eigenvalue weighted by Crippen LogP contribution is -2.29. The van der Waals surface area contributed by atoms with Crippen LogP contribution in [-0.4, -0.2) is 46.3 Å². The van der Waals surface area contributed by atoms with Crippen molar-refractivity contribution in [3.8, 4) is 11.3 Å². The van der Waals surface area contributed by atoms with Crippen molar-refractivity contribution in [3.05, 3.63) is 65.1 Å². The third kappa shape index (κ3) is 4.36. The summed E-state index contributed by atoms with van der Waals surface area (Å²) in [4.78, 5) is 27.3. The number of carbonyl (C=O) groups is 1. The minimum atomic E-state index is -0.480. The molecule has 8 nitrogen and oxygen atoms in total. The van der Waals surface area contributed by atoms with Crippen LogP contribution in [0, 0.1) is 6.92 Å². The van der Waals surface area contributed by atoms with Crippen LogP contribution in [0.25, 0.3) is 17.3 Å². The van der Waals surface area contributed by atoms with Gasteiger partial charge in [0.1, 0.15) is 18.1 Å². The standard InChI is InChI=1S/C26H29N7O/c1-16-11-20(3-4-21(16)17-6-9-33(2)10-7-17)31-25-24-18(5-8-28-23(24)15-34)12-22(32-25)19-13-29-26(27)30-14-19/h3-5,8,11-15,17,23,28H,6-7,9-10H2,1-2H3,(H,31,32)(H2,27,29,30). The number of aldehydes is 1. The highest BCUT2D eigenvalue weighted by Crippen LogP contribution is 2.35. The number of rotatable bonds is 5. The molecule has 0 radical (unpaired) electrons. The van der Waals surface area contributed by atoms with Crippen LogP contribution in [0.4, 0.5) is 17.5 Å². The molecule has 0 bridgehead atoms. The van der Waals surface area contributed by atoms with Gasteiger partial charge < -0.3 is 26.1 Å². The van der Waals surface area contributed by atoms with E-state index >= 15 is 0 Å². The van der Waals surface area contributed by atoms with Crippen LogP contribution in [0.3, 0.4) is 0 Å². The molecule has 1 saturated heterocycles. The molecular weight excluding hydrogens is 426 g/mol. The number of fused-ring (bicyclic) bond motifs is 1. The molecule has 2 aromatic heterocycles. The minimum absolute atomic E-state index is 0.213. The first-order valence-electron chi connectivity index (χ1n) is 11.6. The third-order valence-corrected chi connectivity index (χ3v) is 6.73. The molecule has 34 heavy (non-hydrogen) atoms. The highest BCUT2D eigenvalue weighted by molar-refractivity contribution is 5.80. The van der Waals surface area contributed by atoms with E-state index < -0.39 is 6.04 Å². The highest BCUT2D eigenvalue weighted by Gasteiger charge is 2.24. The van der Waals surface area contributed by atoms with Crippen LogP contribution in [0.5, 0.6) is 0 Å². The summed E-state index contributed by atoms with van der Waals surface area (Å²) in [5.74, 6) is 1.44. The average Bonchev–Trinajstić information content (AvgIpc) is 2.85. The van der Waals surface area contributed by atoms with E-state index in [1.807, 2.05) is 12.1 Å². The second-order valence-electron chi connectivity index (χ2n) is 9.08. The Labute approximate surface area is 199 Å². The number of aryl methyl sites for hydroxylation is 1. The monoisotopic (exact) mass is 455 g/mol. The largest absolute Gasteiger partial charge is 0.378 e. The number of likely N-dealkylation sites (tertiary alicyclic amines) is 1. The predicted molar refractivity (Wildman–Crippen MR) is 135 cm³/mol. The highest BCUT2D eigenvalue weighted by atomic mass is 16.1. The number of pyridine rings is 1. The van der Waals surface area contributed by atoms with Crippen molar-refractivity contribution in [3.63, 3.8) is 0 Å². The molecule has 2 aliphatic heterocycles. The first-order valence-corrected chi connectivity index (χ1v) is 11.6. The van der Waals surface area contributed by atoms with Gasteiger partial charge in [-0.15, -0.1) is 0 Å². The zero-order chi connectivity index (χ0) is 23.7. The van der Waals surface area contributed by atoms with Crippen molar-refractivity contribution < 1.29 is 4.79 Å². The number of nitrogens with two attached hydrogens (primary N) is 1. The number of anilines is 3. The average molecular weight is 456 g/mol. The van der Waals surface area contributed by atoms with E-state index in [2.05, 4.69) is 57.7 Å². The van der Waals surface area contributed by atoms with Gasteiger partial charge in [0.05, 0.1) is 5.69 Å². The second kappa shape index (κ2) is 9.23. The molecule has 4 heterocycles. The number of piperidine rings is 1. The molecule has 5 rings (SSSR count). The van der Waals surface area contributed by atoms with Crippen LogP contribution < -0.4 is 16.4 Å². The van der Waals surface area contributed by atoms with E-state index in [0.29, 0.717) is 17.4 Å². The van der Waals surface area contributed by atoms with E-state index in [-0.39, 0.29) is 5.95 Å². The second-order valence-corrected chi connectivity index (χ2v) is 9.08. The van der Waals surface area contributed by atoms with E-state index in [9.17, 15) is 4.79 Å². The van der Waals surface area contributed by atoms with Crippen LogP contribution in [-0.2, 0) is 4.79 Å². The molecular formula is C26H29N7O. The maximum Gasteiger partial charge on any atom is 0.219 e. The van der Waals surface area contributed by atoms with Crippen molar-refractivity contribution in [2.75, 3.05) is 31.2 Å². The molecule has 0 saturated carbocycles. The van der Waals surface area contributed by atoms with Gasteiger partial charge in [0, 0.05) is 29.2 Å². The van der Waals surface area contributed by atoms with Gasteiger partial charge in [-0.3, -0.25) is 0 Å².